The van der Waals surface area contributed by atoms with Gasteiger partial charge in [0.25, 0.3) is 0 Å². The lowest BCUT2D eigenvalue weighted by atomic mass is 9.88. The number of aromatic nitrogens is 4. The fourth-order valence-corrected chi connectivity index (χ4v) is 7.62. The predicted octanol–water partition coefficient (Wildman–Crippen LogP) is 13.3. The molecule has 260 valence electrons. The van der Waals surface area contributed by atoms with Crippen molar-refractivity contribution in [2.75, 3.05) is 0 Å². The van der Waals surface area contributed by atoms with Gasteiger partial charge in [-0.25, -0.2) is 19.8 Å². The van der Waals surface area contributed by atoms with E-state index in [0.717, 1.165) is 60.8 Å². The molecule has 10 rings (SSSR count). The van der Waals surface area contributed by atoms with E-state index in [1.807, 2.05) is 97.2 Å². The molecule has 0 aliphatic carbocycles. The Hall–Kier alpha value is -7.81. The Bertz CT molecular complexity index is 3060. The van der Waals surface area contributed by atoms with E-state index in [2.05, 4.69) is 95.8 Å². The van der Waals surface area contributed by atoms with Crippen LogP contribution in [-0.2, 0) is 0 Å². The van der Waals surface area contributed by atoms with Crippen molar-refractivity contribution in [1.29, 1.82) is 0 Å². The van der Waals surface area contributed by atoms with Crippen LogP contribution in [0.15, 0.2) is 188 Å². The highest BCUT2D eigenvalue weighted by molar-refractivity contribution is 6.23. The summed E-state index contributed by atoms with van der Waals surface area (Å²) in [6, 6.07) is 62.5. The molecule has 0 radical (unpaired) electrons. The molecule has 8 aromatic carbocycles. The number of hydrogen-bond acceptors (Lipinski definition) is 4. The Balaban J connectivity index is 1.12. The monoisotopic (exact) mass is 713 g/mol. The van der Waals surface area contributed by atoms with Gasteiger partial charge >= 0.3 is 0 Å². The molecule has 0 amide bonds. The Morgan fingerprint density at radius 3 is 1.50 bits per heavy atom. The standard InChI is InChI=1S/C51H31N5/c1-52-40-27-25-34(26-28-40)33-21-23-35(24-22-33)44-31-47-43-20-11-29-53-48(43)45(32-46(47)42-19-9-8-18-41(42)44)38-16-10-17-39(30-38)51-55-49(36-12-4-2-5-13-36)54-50(56-51)37-14-6-3-7-15-37/h2-32H. The van der Waals surface area contributed by atoms with Crippen molar-refractivity contribution < 1.29 is 0 Å². The third-order valence-corrected chi connectivity index (χ3v) is 10.4. The number of pyridine rings is 1. The van der Waals surface area contributed by atoms with Gasteiger partial charge in [-0.15, -0.1) is 0 Å². The molecule has 0 spiro atoms. The van der Waals surface area contributed by atoms with Gasteiger partial charge in [0.05, 0.1) is 12.1 Å². The number of nitrogens with zero attached hydrogens (tertiary/aromatic N) is 5. The summed E-state index contributed by atoms with van der Waals surface area (Å²) in [7, 11) is 0. The third-order valence-electron chi connectivity index (χ3n) is 10.4. The molecular weight excluding hydrogens is 683 g/mol. The van der Waals surface area contributed by atoms with Crippen LogP contribution in [0.25, 0.3) is 105 Å². The van der Waals surface area contributed by atoms with E-state index in [1.165, 1.54) is 21.7 Å². The van der Waals surface area contributed by atoms with Gasteiger partial charge in [-0.05, 0) is 73.6 Å². The van der Waals surface area contributed by atoms with Crippen molar-refractivity contribution in [3.8, 4) is 67.5 Å². The van der Waals surface area contributed by atoms with Crippen molar-refractivity contribution in [1.82, 2.24) is 19.9 Å². The lowest BCUT2D eigenvalue weighted by Crippen LogP contribution is -2.00. The molecule has 0 saturated heterocycles. The van der Waals surface area contributed by atoms with Crippen molar-refractivity contribution in [3.05, 3.63) is 200 Å². The average Bonchev–Trinajstić information content (AvgIpc) is 3.29. The van der Waals surface area contributed by atoms with Crippen LogP contribution in [0.2, 0.25) is 0 Å². The molecule has 0 unspecified atom stereocenters. The maximum atomic E-state index is 7.29. The number of benzene rings is 8. The second-order valence-corrected chi connectivity index (χ2v) is 13.7. The minimum absolute atomic E-state index is 0.610. The van der Waals surface area contributed by atoms with Gasteiger partial charge in [0.1, 0.15) is 0 Å². The summed E-state index contributed by atoms with van der Waals surface area (Å²) in [5, 5.41) is 5.77. The highest BCUT2D eigenvalue weighted by atomic mass is 15.0. The van der Waals surface area contributed by atoms with Gasteiger partial charge in [0.15, 0.2) is 23.2 Å². The summed E-state index contributed by atoms with van der Waals surface area (Å²) in [5.41, 5.74) is 10.9. The first kappa shape index (κ1) is 32.8. The maximum absolute atomic E-state index is 7.29. The van der Waals surface area contributed by atoms with Crippen LogP contribution < -0.4 is 0 Å². The highest BCUT2D eigenvalue weighted by Crippen LogP contribution is 2.42. The summed E-state index contributed by atoms with van der Waals surface area (Å²) in [6.45, 7) is 7.29. The zero-order valence-electron chi connectivity index (χ0n) is 30.1. The van der Waals surface area contributed by atoms with Gasteiger partial charge in [-0.2, -0.15) is 0 Å². The van der Waals surface area contributed by atoms with E-state index in [4.69, 9.17) is 26.5 Å². The summed E-state index contributed by atoms with van der Waals surface area (Å²) < 4.78 is 0. The zero-order chi connectivity index (χ0) is 37.4. The molecule has 2 heterocycles. The van der Waals surface area contributed by atoms with Crippen molar-refractivity contribution in [2.45, 2.75) is 0 Å². The molecule has 0 atom stereocenters. The molecule has 2 aromatic heterocycles. The quantitative estimate of drug-likeness (QED) is 0.127. The van der Waals surface area contributed by atoms with Gasteiger partial charge < -0.3 is 0 Å². The number of hydrogen-bond donors (Lipinski definition) is 0. The van der Waals surface area contributed by atoms with Crippen LogP contribution in [-0.4, -0.2) is 19.9 Å². The van der Waals surface area contributed by atoms with Gasteiger partial charge in [-0.3, -0.25) is 4.98 Å². The van der Waals surface area contributed by atoms with Crippen LogP contribution in [0.4, 0.5) is 5.69 Å². The fraction of sp³-hybridized carbons (Fsp3) is 0. The number of fused-ring (bicyclic) bond motifs is 5. The van der Waals surface area contributed by atoms with E-state index < -0.39 is 0 Å². The third kappa shape index (κ3) is 5.92. The van der Waals surface area contributed by atoms with Crippen molar-refractivity contribution >= 4 is 38.1 Å². The largest absolute Gasteiger partial charge is 0.256 e. The first-order valence-corrected chi connectivity index (χ1v) is 18.5. The van der Waals surface area contributed by atoms with E-state index in [-0.39, 0.29) is 0 Å². The van der Waals surface area contributed by atoms with Crippen LogP contribution in [0.5, 0.6) is 0 Å². The molecule has 0 fully saturated rings. The zero-order valence-corrected chi connectivity index (χ0v) is 30.1. The van der Waals surface area contributed by atoms with Crippen molar-refractivity contribution in [3.63, 3.8) is 0 Å². The smallest absolute Gasteiger partial charge is 0.187 e. The van der Waals surface area contributed by atoms with Crippen LogP contribution in [0, 0.1) is 6.57 Å². The van der Waals surface area contributed by atoms with E-state index >= 15 is 0 Å². The SMILES string of the molecule is [C-]#[N+]c1ccc(-c2ccc(-c3cc4c5cccnc5c(-c5cccc(-c6nc(-c7ccccc7)nc(-c7ccccc7)n6)c5)cc4c4ccccc34)cc2)cc1. The Morgan fingerprint density at radius 1 is 0.339 bits per heavy atom. The van der Waals surface area contributed by atoms with Gasteiger partial charge in [0, 0.05) is 33.8 Å². The predicted molar refractivity (Wildman–Crippen MR) is 229 cm³/mol. The molecule has 0 N–H and O–H groups in total. The first-order chi connectivity index (χ1) is 27.7. The molecule has 0 bridgehead atoms. The summed E-state index contributed by atoms with van der Waals surface area (Å²) in [5.74, 6) is 1.87. The maximum Gasteiger partial charge on any atom is 0.187 e. The molecule has 0 saturated carbocycles. The fourth-order valence-electron chi connectivity index (χ4n) is 7.62. The topological polar surface area (TPSA) is 55.9 Å². The first-order valence-electron chi connectivity index (χ1n) is 18.5. The number of rotatable bonds is 6. The van der Waals surface area contributed by atoms with Crippen LogP contribution in [0.3, 0.4) is 0 Å². The minimum Gasteiger partial charge on any atom is -0.256 e. The highest BCUT2D eigenvalue weighted by Gasteiger charge is 2.17. The Morgan fingerprint density at radius 2 is 0.839 bits per heavy atom. The molecular formula is C51H31N5. The normalized spacial score (nSPS) is 11.2. The molecule has 56 heavy (non-hydrogen) atoms. The summed E-state index contributed by atoms with van der Waals surface area (Å²) in [4.78, 5) is 23.4. The van der Waals surface area contributed by atoms with Gasteiger partial charge in [0.2, 0.25) is 0 Å². The molecule has 0 aliphatic heterocycles. The average molecular weight is 714 g/mol. The second kappa shape index (κ2) is 13.9. The minimum atomic E-state index is 0.610. The van der Waals surface area contributed by atoms with Gasteiger partial charge in [-0.1, -0.05) is 158 Å². The molecule has 10 aromatic rings. The summed E-state index contributed by atoms with van der Waals surface area (Å²) in [6.07, 6.45) is 1.87. The van der Waals surface area contributed by atoms with Crippen LogP contribution in [0.1, 0.15) is 0 Å². The van der Waals surface area contributed by atoms with E-state index in [1.54, 1.807) is 0 Å². The second-order valence-electron chi connectivity index (χ2n) is 13.7. The lowest BCUT2D eigenvalue weighted by molar-refractivity contribution is 1.07. The Kier molecular flexibility index (Phi) is 8.13. The molecule has 5 nitrogen and oxygen atoms in total. The lowest BCUT2D eigenvalue weighted by Gasteiger charge is -2.16. The molecule has 0 aliphatic rings. The van der Waals surface area contributed by atoms with E-state index in [9.17, 15) is 0 Å². The summed E-state index contributed by atoms with van der Waals surface area (Å²) >= 11 is 0. The van der Waals surface area contributed by atoms with Crippen LogP contribution >= 0.6 is 0 Å². The molecule has 5 heteroatoms. The van der Waals surface area contributed by atoms with E-state index in [0.29, 0.717) is 23.2 Å². The Labute approximate surface area is 324 Å². The van der Waals surface area contributed by atoms with Crippen molar-refractivity contribution in [2.24, 2.45) is 0 Å².